The molecule has 3 rings (SSSR count). The van der Waals surface area contributed by atoms with Crippen LogP contribution in [0.25, 0.3) is 11.1 Å². The highest BCUT2D eigenvalue weighted by atomic mass is 19.1. The van der Waals surface area contributed by atoms with E-state index < -0.39 is 11.7 Å². The van der Waals surface area contributed by atoms with Crippen molar-refractivity contribution < 1.29 is 13.6 Å². The number of rotatable bonds is 3. The number of anilines is 1. The second-order valence-electron chi connectivity index (χ2n) is 4.97. The van der Waals surface area contributed by atoms with Crippen LogP contribution in [0.2, 0.25) is 0 Å². The zero-order valence-electron chi connectivity index (χ0n) is 12.0. The van der Waals surface area contributed by atoms with E-state index in [1.165, 1.54) is 18.4 Å². The number of benzene rings is 2. The van der Waals surface area contributed by atoms with E-state index in [1.54, 1.807) is 19.1 Å². The molecule has 0 unspecified atom stereocenters. The topological polar surface area (TPSA) is 42.2 Å². The van der Waals surface area contributed by atoms with Crippen LogP contribution >= 0.6 is 0 Å². The molecule has 1 N–H and O–H groups in total. The largest absolute Gasteiger partial charge is 0.459 e. The standard InChI is InChI=1S/C18H14FNO2/c1-12-7-8-16(15(19)11-12)20-18(21)17-14(9-10-22-17)13-5-3-2-4-6-13/h2-11H,1H3,(H,20,21). The fourth-order valence-electron chi connectivity index (χ4n) is 2.23. The highest BCUT2D eigenvalue weighted by Gasteiger charge is 2.18. The molecule has 2 aromatic carbocycles. The summed E-state index contributed by atoms with van der Waals surface area (Å²) in [5, 5.41) is 2.54. The van der Waals surface area contributed by atoms with Gasteiger partial charge in [0.25, 0.3) is 5.91 Å². The lowest BCUT2D eigenvalue weighted by molar-refractivity contribution is 0.0997. The highest BCUT2D eigenvalue weighted by molar-refractivity contribution is 6.06. The maximum atomic E-state index is 13.8. The van der Waals surface area contributed by atoms with E-state index in [-0.39, 0.29) is 11.4 Å². The lowest BCUT2D eigenvalue weighted by Crippen LogP contribution is -2.13. The summed E-state index contributed by atoms with van der Waals surface area (Å²) in [6, 6.07) is 15.8. The van der Waals surface area contributed by atoms with Gasteiger partial charge in [0.1, 0.15) is 5.82 Å². The van der Waals surface area contributed by atoms with Gasteiger partial charge < -0.3 is 9.73 Å². The van der Waals surface area contributed by atoms with E-state index >= 15 is 0 Å². The number of furan rings is 1. The van der Waals surface area contributed by atoms with Crippen LogP contribution in [0.4, 0.5) is 10.1 Å². The van der Waals surface area contributed by atoms with Crippen LogP contribution in [0.3, 0.4) is 0 Å². The smallest absolute Gasteiger partial charge is 0.292 e. The molecular formula is C18H14FNO2. The van der Waals surface area contributed by atoms with Gasteiger partial charge in [-0.15, -0.1) is 0 Å². The molecule has 0 aliphatic rings. The molecule has 22 heavy (non-hydrogen) atoms. The summed E-state index contributed by atoms with van der Waals surface area (Å²) in [4.78, 5) is 12.3. The SMILES string of the molecule is Cc1ccc(NC(=O)c2occc2-c2ccccc2)c(F)c1. The predicted octanol–water partition coefficient (Wildman–Crippen LogP) is 4.65. The van der Waals surface area contributed by atoms with Gasteiger partial charge in [0.2, 0.25) is 0 Å². The number of carbonyl (C=O) groups excluding carboxylic acids is 1. The Morgan fingerprint density at radius 1 is 1.09 bits per heavy atom. The minimum Gasteiger partial charge on any atom is -0.459 e. The first-order chi connectivity index (χ1) is 10.6. The van der Waals surface area contributed by atoms with Crippen LogP contribution in [0.15, 0.2) is 65.3 Å². The molecule has 0 aliphatic carbocycles. The monoisotopic (exact) mass is 295 g/mol. The van der Waals surface area contributed by atoms with Gasteiger partial charge in [0.05, 0.1) is 12.0 Å². The van der Waals surface area contributed by atoms with Crippen molar-refractivity contribution in [3.63, 3.8) is 0 Å². The molecule has 4 heteroatoms. The minimum absolute atomic E-state index is 0.131. The Balaban J connectivity index is 1.89. The molecule has 0 aliphatic heterocycles. The van der Waals surface area contributed by atoms with Crippen LogP contribution in [0.1, 0.15) is 16.1 Å². The molecule has 110 valence electrons. The Morgan fingerprint density at radius 3 is 2.59 bits per heavy atom. The van der Waals surface area contributed by atoms with Crippen LogP contribution in [0.5, 0.6) is 0 Å². The Labute approximate surface area is 127 Å². The molecule has 3 aromatic rings. The van der Waals surface area contributed by atoms with Gasteiger partial charge in [-0.1, -0.05) is 36.4 Å². The van der Waals surface area contributed by atoms with Crippen LogP contribution in [-0.4, -0.2) is 5.91 Å². The summed E-state index contributed by atoms with van der Waals surface area (Å²) in [5.74, 6) is -0.793. The van der Waals surface area contributed by atoms with Gasteiger partial charge in [-0.2, -0.15) is 0 Å². The zero-order valence-corrected chi connectivity index (χ0v) is 12.0. The third-order valence-corrected chi connectivity index (χ3v) is 3.33. The lowest BCUT2D eigenvalue weighted by atomic mass is 10.1. The normalized spacial score (nSPS) is 10.5. The molecule has 0 atom stereocenters. The molecule has 0 fully saturated rings. The summed E-state index contributed by atoms with van der Waals surface area (Å²) >= 11 is 0. The Kier molecular flexibility index (Phi) is 3.74. The maximum absolute atomic E-state index is 13.8. The summed E-state index contributed by atoms with van der Waals surface area (Å²) in [5.41, 5.74) is 2.46. The van der Waals surface area contributed by atoms with Crippen molar-refractivity contribution in [2.75, 3.05) is 5.32 Å². The molecule has 1 heterocycles. The summed E-state index contributed by atoms with van der Waals surface area (Å²) in [6.45, 7) is 1.79. The van der Waals surface area contributed by atoms with Crippen molar-refractivity contribution in [3.8, 4) is 11.1 Å². The van der Waals surface area contributed by atoms with E-state index in [1.807, 2.05) is 30.3 Å². The van der Waals surface area contributed by atoms with Crippen molar-refractivity contribution in [2.24, 2.45) is 0 Å². The van der Waals surface area contributed by atoms with Gasteiger partial charge in [-0.05, 0) is 36.2 Å². The molecule has 0 spiro atoms. The molecule has 3 nitrogen and oxygen atoms in total. The number of carbonyl (C=O) groups is 1. The summed E-state index contributed by atoms with van der Waals surface area (Å²) < 4.78 is 19.1. The number of hydrogen-bond acceptors (Lipinski definition) is 2. The average molecular weight is 295 g/mol. The second-order valence-corrected chi connectivity index (χ2v) is 4.97. The van der Waals surface area contributed by atoms with Crippen molar-refractivity contribution >= 4 is 11.6 Å². The first-order valence-corrected chi connectivity index (χ1v) is 6.85. The molecule has 1 aromatic heterocycles. The fourth-order valence-corrected chi connectivity index (χ4v) is 2.23. The quantitative estimate of drug-likeness (QED) is 0.764. The molecule has 0 saturated heterocycles. The first kappa shape index (κ1) is 14.1. The maximum Gasteiger partial charge on any atom is 0.292 e. The molecule has 1 amide bonds. The third-order valence-electron chi connectivity index (χ3n) is 3.33. The lowest BCUT2D eigenvalue weighted by Gasteiger charge is -2.07. The highest BCUT2D eigenvalue weighted by Crippen LogP contribution is 2.26. The summed E-state index contributed by atoms with van der Waals surface area (Å²) in [6.07, 6.45) is 1.45. The van der Waals surface area contributed by atoms with E-state index in [0.29, 0.717) is 5.56 Å². The Bertz CT molecular complexity index is 809. The van der Waals surface area contributed by atoms with Gasteiger partial charge in [-0.3, -0.25) is 4.79 Å². The zero-order chi connectivity index (χ0) is 15.5. The Hall–Kier alpha value is -2.88. The fraction of sp³-hybridized carbons (Fsp3) is 0.0556. The van der Waals surface area contributed by atoms with Gasteiger partial charge in [0, 0.05) is 5.56 Å². The first-order valence-electron chi connectivity index (χ1n) is 6.85. The van der Waals surface area contributed by atoms with Gasteiger partial charge in [-0.25, -0.2) is 4.39 Å². The average Bonchev–Trinajstić information content (AvgIpc) is 3.00. The van der Waals surface area contributed by atoms with Crippen LogP contribution in [0, 0.1) is 12.7 Å². The van der Waals surface area contributed by atoms with Crippen molar-refractivity contribution in [1.82, 2.24) is 0 Å². The van der Waals surface area contributed by atoms with E-state index in [4.69, 9.17) is 4.42 Å². The van der Waals surface area contributed by atoms with E-state index in [2.05, 4.69) is 5.32 Å². The van der Waals surface area contributed by atoms with Crippen LogP contribution < -0.4 is 5.32 Å². The van der Waals surface area contributed by atoms with Crippen molar-refractivity contribution in [2.45, 2.75) is 6.92 Å². The number of amides is 1. The van der Waals surface area contributed by atoms with E-state index in [0.717, 1.165) is 11.1 Å². The molecule has 0 radical (unpaired) electrons. The number of halogens is 1. The van der Waals surface area contributed by atoms with Crippen LogP contribution in [-0.2, 0) is 0 Å². The van der Waals surface area contributed by atoms with Gasteiger partial charge >= 0.3 is 0 Å². The number of nitrogens with one attached hydrogen (secondary N) is 1. The number of hydrogen-bond donors (Lipinski definition) is 1. The van der Waals surface area contributed by atoms with Crippen molar-refractivity contribution in [1.29, 1.82) is 0 Å². The minimum atomic E-state index is -0.480. The molecule has 0 saturated carbocycles. The second kappa shape index (κ2) is 5.85. The third kappa shape index (κ3) is 2.76. The number of aryl methyl sites for hydroxylation is 1. The molecule has 0 bridgehead atoms. The van der Waals surface area contributed by atoms with E-state index in [9.17, 15) is 9.18 Å². The van der Waals surface area contributed by atoms with Gasteiger partial charge in [0.15, 0.2) is 5.76 Å². The molecular weight excluding hydrogens is 281 g/mol. The van der Waals surface area contributed by atoms with Crippen molar-refractivity contribution in [3.05, 3.63) is 78.0 Å². The summed E-state index contributed by atoms with van der Waals surface area (Å²) in [7, 11) is 0. The Morgan fingerprint density at radius 2 is 1.86 bits per heavy atom. The predicted molar refractivity (Wildman–Crippen MR) is 83.2 cm³/mol.